The molecule has 1 fully saturated rings. The van der Waals surface area contributed by atoms with Crippen molar-refractivity contribution in [2.24, 2.45) is 5.41 Å². The van der Waals surface area contributed by atoms with Gasteiger partial charge in [-0.15, -0.1) is 0 Å². The Hall–Kier alpha value is -0.930. The molecule has 2 rings (SSSR count). The fraction of sp³-hybridized carbons (Fsp3) is 0.571. The van der Waals surface area contributed by atoms with E-state index >= 15 is 0 Å². The van der Waals surface area contributed by atoms with Crippen LogP contribution in [0.5, 0.6) is 0 Å². The Labute approximate surface area is 102 Å². The van der Waals surface area contributed by atoms with E-state index in [-0.39, 0.29) is 18.5 Å². The van der Waals surface area contributed by atoms with Gasteiger partial charge in [0, 0.05) is 19.2 Å². The van der Waals surface area contributed by atoms with Crippen molar-refractivity contribution in [2.45, 2.75) is 32.2 Å². The molecule has 3 heteroatoms. The first-order valence-corrected chi connectivity index (χ1v) is 6.25. The van der Waals surface area contributed by atoms with Crippen LogP contribution in [0.3, 0.4) is 0 Å². The van der Waals surface area contributed by atoms with Gasteiger partial charge in [-0.1, -0.05) is 12.1 Å². The summed E-state index contributed by atoms with van der Waals surface area (Å²) in [5.41, 5.74) is 1.28. The molecule has 1 aromatic rings. The first-order chi connectivity index (χ1) is 8.15. The van der Waals surface area contributed by atoms with Gasteiger partial charge in [0.05, 0.1) is 0 Å². The number of nitrogens with one attached hydrogen (secondary N) is 1. The zero-order valence-electron chi connectivity index (χ0n) is 10.2. The summed E-state index contributed by atoms with van der Waals surface area (Å²) < 4.78 is 13.1. The second-order valence-corrected chi connectivity index (χ2v) is 5.13. The van der Waals surface area contributed by atoms with Crippen LogP contribution in [0.1, 0.15) is 37.8 Å². The number of aliphatic hydroxyl groups is 1. The van der Waals surface area contributed by atoms with Crippen molar-refractivity contribution in [3.05, 3.63) is 35.6 Å². The summed E-state index contributed by atoms with van der Waals surface area (Å²) in [5, 5.41) is 12.4. The van der Waals surface area contributed by atoms with Crippen molar-refractivity contribution in [2.75, 3.05) is 13.2 Å². The molecular formula is C14H20FNO. The molecule has 1 atom stereocenters. The highest BCUT2D eigenvalue weighted by atomic mass is 19.1. The van der Waals surface area contributed by atoms with Crippen molar-refractivity contribution in [1.82, 2.24) is 5.32 Å². The van der Waals surface area contributed by atoms with Gasteiger partial charge in [0.25, 0.3) is 0 Å². The van der Waals surface area contributed by atoms with E-state index in [9.17, 15) is 4.39 Å². The molecule has 1 aliphatic carbocycles. The number of aliphatic hydroxyl groups excluding tert-OH is 1. The van der Waals surface area contributed by atoms with E-state index in [0.29, 0.717) is 5.41 Å². The molecule has 2 nitrogen and oxygen atoms in total. The molecule has 0 aliphatic heterocycles. The number of benzene rings is 1. The van der Waals surface area contributed by atoms with Crippen LogP contribution in [0.15, 0.2) is 24.3 Å². The maximum absolute atomic E-state index is 13.1. The fourth-order valence-electron chi connectivity index (χ4n) is 2.19. The second kappa shape index (κ2) is 5.15. The monoisotopic (exact) mass is 237 g/mol. The van der Waals surface area contributed by atoms with Gasteiger partial charge in [-0.3, -0.25) is 0 Å². The number of hydrogen-bond acceptors (Lipinski definition) is 2. The molecule has 0 radical (unpaired) electrons. The number of rotatable bonds is 6. The molecule has 0 spiro atoms. The predicted octanol–water partition coefficient (Wildman–Crippen LogP) is 2.64. The highest BCUT2D eigenvalue weighted by Crippen LogP contribution is 2.48. The van der Waals surface area contributed by atoms with Crippen LogP contribution in [-0.4, -0.2) is 18.3 Å². The number of hydrogen-bond donors (Lipinski definition) is 2. The summed E-state index contributed by atoms with van der Waals surface area (Å²) in [6, 6.07) is 6.87. The van der Waals surface area contributed by atoms with Crippen molar-refractivity contribution >= 4 is 0 Å². The van der Waals surface area contributed by atoms with Crippen LogP contribution >= 0.6 is 0 Å². The first kappa shape index (κ1) is 12.5. The average molecular weight is 237 g/mol. The normalized spacial score (nSPS) is 19.0. The highest BCUT2D eigenvalue weighted by Gasteiger charge is 2.41. The molecule has 0 aromatic heterocycles. The minimum Gasteiger partial charge on any atom is -0.396 e. The summed E-state index contributed by atoms with van der Waals surface area (Å²) in [7, 11) is 0. The maximum atomic E-state index is 13.1. The Morgan fingerprint density at radius 1 is 1.47 bits per heavy atom. The van der Waals surface area contributed by atoms with Crippen LogP contribution < -0.4 is 5.32 Å². The number of halogens is 1. The molecule has 0 amide bonds. The second-order valence-electron chi connectivity index (χ2n) is 5.13. The van der Waals surface area contributed by atoms with Gasteiger partial charge >= 0.3 is 0 Å². The maximum Gasteiger partial charge on any atom is 0.123 e. The molecule has 1 saturated carbocycles. The molecule has 1 unspecified atom stereocenters. The summed E-state index contributed by atoms with van der Waals surface area (Å²) >= 11 is 0. The van der Waals surface area contributed by atoms with Crippen LogP contribution in [0.2, 0.25) is 0 Å². The van der Waals surface area contributed by atoms with Crippen LogP contribution in [0.25, 0.3) is 0 Å². The molecule has 0 saturated heterocycles. The summed E-state index contributed by atoms with van der Waals surface area (Å²) in [6.07, 6.45) is 3.25. The average Bonchev–Trinajstić information content (AvgIpc) is 3.07. The SMILES string of the molecule is CC(NCC1(CCO)CC1)c1cccc(F)c1. The van der Waals surface area contributed by atoms with Crippen molar-refractivity contribution < 1.29 is 9.50 Å². The molecule has 1 aliphatic rings. The van der Waals surface area contributed by atoms with Gasteiger partial charge in [0.2, 0.25) is 0 Å². The molecule has 17 heavy (non-hydrogen) atoms. The van der Waals surface area contributed by atoms with E-state index in [1.54, 1.807) is 12.1 Å². The van der Waals surface area contributed by atoms with Gasteiger partial charge in [-0.2, -0.15) is 0 Å². The van der Waals surface area contributed by atoms with Crippen molar-refractivity contribution in [3.8, 4) is 0 Å². The lowest BCUT2D eigenvalue weighted by atomic mass is 10.0. The summed E-state index contributed by atoms with van der Waals surface area (Å²) in [5.74, 6) is -0.187. The standard InChI is InChI=1S/C14H20FNO/c1-11(12-3-2-4-13(15)9-12)16-10-14(5-6-14)7-8-17/h2-4,9,11,16-17H,5-8,10H2,1H3. The third-order valence-corrected chi connectivity index (χ3v) is 3.73. The van der Waals surface area contributed by atoms with E-state index in [1.807, 2.05) is 13.0 Å². The van der Waals surface area contributed by atoms with Gasteiger partial charge in [-0.05, 0) is 49.3 Å². The molecular weight excluding hydrogens is 217 g/mol. The summed E-state index contributed by atoms with van der Waals surface area (Å²) in [6.45, 7) is 3.21. The Morgan fingerprint density at radius 3 is 2.82 bits per heavy atom. The van der Waals surface area contributed by atoms with Crippen LogP contribution in [-0.2, 0) is 0 Å². The van der Waals surface area contributed by atoms with Gasteiger partial charge in [0.15, 0.2) is 0 Å². The lowest BCUT2D eigenvalue weighted by molar-refractivity contribution is 0.243. The quantitative estimate of drug-likeness (QED) is 0.797. The zero-order chi connectivity index (χ0) is 12.3. The minimum absolute atomic E-state index is 0.155. The lowest BCUT2D eigenvalue weighted by Gasteiger charge is -2.19. The van der Waals surface area contributed by atoms with E-state index in [4.69, 9.17) is 5.11 Å². The van der Waals surface area contributed by atoms with Crippen molar-refractivity contribution in [1.29, 1.82) is 0 Å². The fourth-order valence-corrected chi connectivity index (χ4v) is 2.19. The van der Waals surface area contributed by atoms with Gasteiger partial charge in [0.1, 0.15) is 5.82 Å². The van der Waals surface area contributed by atoms with E-state index in [1.165, 1.54) is 18.9 Å². The molecule has 2 N–H and O–H groups in total. The topological polar surface area (TPSA) is 32.3 Å². The zero-order valence-corrected chi connectivity index (χ0v) is 10.2. The molecule has 1 aromatic carbocycles. The summed E-state index contributed by atoms with van der Waals surface area (Å²) in [4.78, 5) is 0. The molecule has 94 valence electrons. The van der Waals surface area contributed by atoms with Gasteiger partial charge in [-0.25, -0.2) is 4.39 Å². The van der Waals surface area contributed by atoms with Gasteiger partial charge < -0.3 is 10.4 Å². The third-order valence-electron chi connectivity index (χ3n) is 3.73. The molecule has 0 bridgehead atoms. The third kappa shape index (κ3) is 3.27. The Balaban J connectivity index is 1.87. The minimum atomic E-state index is -0.187. The smallest absolute Gasteiger partial charge is 0.123 e. The largest absolute Gasteiger partial charge is 0.396 e. The lowest BCUT2D eigenvalue weighted by Crippen LogP contribution is -2.27. The Bertz CT molecular complexity index is 376. The first-order valence-electron chi connectivity index (χ1n) is 6.25. The highest BCUT2D eigenvalue weighted by molar-refractivity contribution is 5.19. The predicted molar refractivity (Wildman–Crippen MR) is 66.2 cm³/mol. The van der Waals surface area contributed by atoms with Crippen LogP contribution in [0, 0.1) is 11.2 Å². The Morgan fingerprint density at radius 2 is 2.24 bits per heavy atom. The van der Waals surface area contributed by atoms with E-state index < -0.39 is 0 Å². The Kier molecular flexibility index (Phi) is 3.79. The van der Waals surface area contributed by atoms with Crippen molar-refractivity contribution in [3.63, 3.8) is 0 Å². The van der Waals surface area contributed by atoms with E-state index in [2.05, 4.69) is 5.32 Å². The van der Waals surface area contributed by atoms with E-state index in [0.717, 1.165) is 18.5 Å². The van der Waals surface area contributed by atoms with Crippen LogP contribution in [0.4, 0.5) is 4.39 Å². The molecule has 0 heterocycles.